The maximum absolute atomic E-state index is 10.3. The van der Waals surface area contributed by atoms with Crippen molar-refractivity contribution >= 4 is 17.2 Å². The first kappa shape index (κ1) is 9.17. The molecule has 10 heavy (non-hydrogen) atoms. The third kappa shape index (κ3) is 2.64. The summed E-state index contributed by atoms with van der Waals surface area (Å²) < 4.78 is 0. The van der Waals surface area contributed by atoms with E-state index >= 15 is 0 Å². The number of nitrogens with two attached hydrogens (primary N) is 1. The third-order valence-electron chi connectivity index (χ3n) is 0.806. The summed E-state index contributed by atoms with van der Waals surface area (Å²) in [6, 6.07) is 1.70. The van der Waals surface area contributed by atoms with Crippen molar-refractivity contribution in [2.75, 3.05) is 0 Å². The van der Waals surface area contributed by atoms with Gasteiger partial charge in [-0.05, 0) is 11.4 Å². The molecule has 0 unspecified atom stereocenters. The zero-order chi connectivity index (χ0) is 7.98. The molecule has 0 aliphatic carbocycles. The van der Waals surface area contributed by atoms with Gasteiger partial charge in [-0.25, -0.2) is 0 Å². The molecule has 0 radical (unpaired) electrons. The number of amides is 1. The summed E-state index contributed by atoms with van der Waals surface area (Å²) in [5.74, 6) is -0.355. The topological polar surface area (TPSA) is 43.1 Å². The van der Waals surface area contributed by atoms with E-state index in [9.17, 15) is 4.79 Å². The van der Waals surface area contributed by atoms with Gasteiger partial charge in [0.25, 0.3) is 0 Å². The molecule has 1 heterocycles. The van der Waals surface area contributed by atoms with Crippen molar-refractivity contribution in [3.8, 4) is 0 Å². The Balaban J connectivity index is 0. The lowest BCUT2D eigenvalue weighted by Gasteiger charge is -1.80. The predicted octanol–water partition coefficient (Wildman–Crippen LogP) is 2.12. The molecule has 0 spiro atoms. The summed E-state index contributed by atoms with van der Waals surface area (Å²) in [7, 11) is 0. The van der Waals surface area contributed by atoms with E-state index in [1.807, 2.05) is 19.2 Å². The molecule has 1 rings (SSSR count). The van der Waals surface area contributed by atoms with Crippen LogP contribution in [-0.2, 0) is 0 Å². The van der Waals surface area contributed by atoms with Crippen LogP contribution in [-0.4, -0.2) is 5.91 Å². The molecule has 3 heteroatoms. The summed E-state index contributed by atoms with van der Waals surface area (Å²) in [6.07, 6.45) is 0. The smallest absolute Gasteiger partial charge is 0.249 e. The molecule has 1 aromatic heterocycles. The van der Waals surface area contributed by atoms with Gasteiger partial charge >= 0.3 is 0 Å². The van der Waals surface area contributed by atoms with Crippen molar-refractivity contribution in [3.05, 3.63) is 22.4 Å². The minimum atomic E-state index is -0.355. The van der Waals surface area contributed by atoms with Crippen molar-refractivity contribution < 1.29 is 6.22 Å². The quantitative estimate of drug-likeness (QED) is 0.670. The van der Waals surface area contributed by atoms with Gasteiger partial charge in [-0.1, -0.05) is 13.8 Å². The Hall–Kier alpha value is -0.830. The van der Waals surface area contributed by atoms with Crippen molar-refractivity contribution in [1.82, 2.24) is 0 Å². The van der Waals surface area contributed by atoms with Crippen LogP contribution < -0.4 is 5.73 Å². The molecular formula is C7H13NOS. The van der Waals surface area contributed by atoms with E-state index in [-0.39, 0.29) is 7.33 Å². The van der Waals surface area contributed by atoms with Gasteiger partial charge in [-0.3, -0.25) is 4.79 Å². The Kier molecular flexibility index (Phi) is 4.58. The Morgan fingerprint density at radius 1 is 1.70 bits per heavy atom. The highest BCUT2D eigenvalue weighted by Crippen LogP contribution is 2.03. The summed E-state index contributed by atoms with van der Waals surface area (Å²) in [5, 5.41) is 3.54. The van der Waals surface area contributed by atoms with Crippen molar-refractivity contribution in [2.24, 2.45) is 5.73 Å². The third-order valence-corrected chi connectivity index (χ3v) is 1.49. The largest absolute Gasteiger partial charge is 0.366 e. The van der Waals surface area contributed by atoms with Gasteiger partial charge in [0.15, 0.2) is 0 Å². The van der Waals surface area contributed by atoms with Crippen LogP contribution in [0.25, 0.3) is 0 Å². The Labute approximate surface area is 66.2 Å². The Bertz CT molecular complexity index is 186. The van der Waals surface area contributed by atoms with E-state index in [0.29, 0.717) is 5.56 Å². The van der Waals surface area contributed by atoms with Gasteiger partial charge < -0.3 is 5.73 Å². The highest BCUT2D eigenvalue weighted by molar-refractivity contribution is 7.08. The lowest BCUT2D eigenvalue weighted by molar-refractivity contribution is 0.100. The van der Waals surface area contributed by atoms with E-state index in [2.05, 4.69) is 0 Å². The van der Waals surface area contributed by atoms with Crippen LogP contribution >= 0.6 is 11.3 Å². The maximum Gasteiger partial charge on any atom is 0.249 e. The average molecular weight is 159 g/mol. The molecule has 0 atom stereocenters. The minimum Gasteiger partial charge on any atom is -0.366 e. The first-order valence-corrected chi connectivity index (χ1v) is 4.07. The molecule has 2 N–H and O–H groups in total. The monoisotopic (exact) mass is 159 g/mol. The molecule has 1 aromatic rings. The van der Waals surface area contributed by atoms with Crippen LogP contribution in [0.3, 0.4) is 0 Å². The minimum absolute atomic E-state index is 0. The number of hydrogen-bond donors (Lipinski definition) is 1. The van der Waals surface area contributed by atoms with E-state index < -0.39 is 0 Å². The zero-order valence-corrected chi connectivity index (χ0v) is 6.94. The van der Waals surface area contributed by atoms with Gasteiger partial charge in [-0.15, -0.1) is 0 Å². The number of carbonyl (C=O) groups is 1. The Morgan fingerprint density at radius 2 is 2.30 bits per heavy atom. The van der Waals surface area contributed by atoms with E-state index in [1.54, 1.807) is 11.4 Å². The van der Waals surface area contributed by atoms with E-state index in [4.69, 9.17) is 5.73 Å². The molecular weight excluding hydrogens is 146 g/mol. The van der Waals surface area contributed by atoms with E-state index in [0.717, 1.165) is 0 Å². The predicted molar refractivity (Wildman–Crippen MR) is 46.3 cm³/mol. The standard InChI is InChI=1S/C5H5NOS.C2H6.H2/c6-5(7)4-1-2-8-3-4;1-2;/h1-3H,(H2,6,7);1-2H3;1H. The highest BCUT2D eigenvalue weighted by atomic mass is 32.1. The molecule has 58 valence electrons. The normalized spacial score (nSPS) is 7.80. The van der Waals surface area contributed by atoms with Crippen LogP contribution in [0.5, 0.6) is 0 Å². The number of rotatable bonds is 1. The van der Waals surface area contributed by atoms with Gasteiger partial charge in [0.05, 0.1) is 0 Å². The summed E-state index contributed by atoms with van der Waals surface area (Å²) >= 11 is 1.47. The first-order valence-electron chi connectivity index (χ1n) is 3.12. The van der Waals surface area contributed by atoms with Gasteiger partial charge in [0.2, 0.25) is 5.91 Å². The molecule has 0 saturated heterocycles. The lowest BCUT2D eigenvalue weighted by atomic mass is 10.3. The fraction of sp³-hybridized carbons (Fsp3) is 0.286. The van der Waals surface area contributed by atoms with Crippen LogP contribution in [0.1, 0.15) is 25.6 Å². The summed E-state index contributed by atoms with van der Waals surface area (Å²) in [6.45, 7) is 4.00. The molecule has 1 amide bonds. The first-order chi connectivity index (χ1) is 4.80. The lowest BCUT2D eigenvalue weighted by Crippen LogP contribution is -2.08. The number of primary amides is 1. The molecule has 0 aliphatic heterocycles. The summed E-state index contributed by atoms with van der Waals surface area (Å²) in [5.41, 5.74) is 5.52. The number of thiophene rings is 1. The van der Waals surface area contributed by atoms with Gasteiger partial charge in [0, 0.05) is 12.4 Å². The van der Waals surface area contributed by atoms with Crippen LogP contribution in [0.4, 0.5) is 0 Å². The van der Waals surface area contributed by atoms with Crippen molar-refractivity contribution in [3.63, 3.8) is 0 Å². The highest BCUT2D eigenvalue weighted by Gasteiger charge is 1.95. The van der Waals surface area contributed by atoms with Gasteiger partial charge in [0.1, 0.15) is 0 Å². The number of carbonyl (C=O) groups excluding carboxylic acids is 1. The fourth-order valence-corrected chi connectivity index (χ4v) is 1.05. The Morgan fingerprint density at radius 3 is 2.50 bits per heavy atom. The van der Waals surface area contributed by atoms with Gasteiger partial charge in [-0.2, -0.15) is 11.3 Å². The maximum atomic E-state index is 10.3. The second-order valence-electron chi connectivity index (χ2n) is 1.38. The SMILES string of the molecule is CC.NC(=O)c1ccsc1.[HH]. The molecule has 0 fully saturated rings. The average Bonchev–Trinajstić information content (AvgIpc) is 2.42. The zero-order valence-electron chi connectivity index (χ0n) is 6.13. The molecule has 0 aliphatic rings. The van der Waals surface area contributed by atoms with Crippen LogP contribution in [0.15, 0.2) is 16.8 Å². The second-order valence-corrected chi connectivity index (χ2v) is 2.16. The number of hydrogen-bond acceptors (Lipinski definition) is 2. The second kappa shape index (κ2) is 4.99. The van der Waals surface area contributed by atoms with E-state index in [1.165, 1.54) is 11.3 Å². The summed E-state index contributed by atoms with van der Waals surface area (Å²) in [4.78, 5) is 10.3. The van der Waals surface area contributed by atoms with Crippen LogP contribution in [0.2, 0.25) is 0 Å². The van der Waals surface area contributed by atoms with Crippen molar-refractivity contribution in [1.29, 1.82) is 0 Å². The molecule has 2 nitrogen and oxygen atoms in total. The molecule has 0 aromatic carbocycles. The van der Waals surface area contributed by atoms with Crippen LogP contribution in [0, 0.1) is 0 Å². The molecule has 0 bridgehead atoms. The fourth-order valence-electron chi connectivity index (χ4n) is 0.405. The van der Waals surface area contributed by atoms with Crippen molar-refractivity contribution in [2.45, 2.75) is 13.8 Å². The molecule has 0 saturated carbocycles.